The fourth-order valence-electron chi connectivity index (χ4n) is 3.44. The number of nitrogens with zero attached hydrogens (tertiary/aromatic N) is 2. The van der Waals surface area contributed by atoms with Gasteiger partial charge in [-0.15, -0.1) is 0 Å². The molecule has 0 saturated carbocycles. The lowest BCUT2D eigenvalue weighted by molar-refractivity contribution is -0.124. The van der Waals surface area contributed by atoms with Crippen LogP contribution in [-0.4, -0.2) is 67.8 Å². The second-order valence-corrected chi connectivity index (χ2v) is 7.22. The molecule has 0 aliphatic carbocycles. The van der Waals surface area contributed by atoms with Crippen molar-refractivity contribution in [1.29, 1.82) is 0 Å². The van der Waals surface area contributed by atoms with Crippen LogP contribution in [0.25, 0.3) is 0 Å². The smallest absolute Gasteiger partial charge is 0.236 e. The van der Waals surface area contributed by atoms with E-state index in [1.807, 2.05) is 60.7 Å². The van der Waals surface area contributed by atoms with Crippen LogP contribution in [-0.2, 0) is 17.9 Å². The van der Waals surface area contributed by atoms with E-state index in [1.165, 1.54) is 0 Å². The topological polar surface area (TPSA) is 61.6 Å². The summed E-state index contributed by atoms with van der Waals surface area (Å²) >= 11 is 0. The average Bonchev–Trinajstić information content (AvgIpc) is 2.75. The maximum Gasteiger partial charge on any atom is 0.236 e. The minimum absolute atomic E-state index is 0.107. The molecule has 7 heteroatoms. The fourth-order valence-corrected chi connectivity index (χ4v) is 3.44. The first-order valence-electron chi connectivity index (χ1n) is 10.3. The predicted molar refractivity (Wildman–Crippen MR) is 116 cm³/mol. The quantitative estimate of drug-likeness (QED) is 0.436. The number of carbonyl (C=O) groups excluding carboxylic acids is 1. The van der Waals surface area contributed by atoms with Gasteiger partial charge < -0.3 is 11.1 Å². The summed E-state index contributed by atoms with van der Waals surface area (Å²) in [6.07, 6.45) is 0. The Hall–Kier alpha value is -2.35. The first kappa shape index (κ1) is 23.9. The number of alkyl halides is 2. The molecule has 0 aliphatic rings. The lowest BCUT2D eigenvalue weighted by Crippen LogP contribution is -2.53. The second kappa shape index (κ2) is 13.8. The lowest BCUT2D eigenvalue weighted by Gasteiger charge is -2.33. The largest absolute Gasteiger partial charge is 0.368 e. The summed E-state index contributed by atoms with van der Waals surface area (Å²) in [4.78, 5) is 16.2. The first-order valence-corrected chi connectivity index (χ1v) is 10.3. The van der Waals surface area contributed by atoms with Crippen molar-refractivity contribution in [3.63, 3.8) is 0 Å². The van der Waals surface area contributed by atoms with Gasteiger partial charge in [0.25, 0.3) is 0 Å². The van der Waals surface area contributed by atoms with E-state index in [4.69, 9.17) is 5.73 Å². The van der Waals surface area contributed by atoms with Gasteiger partial charge in [-0.2, -0.15) is 0 Å². The average molecular weight is 419 g/mol. The molecular weight excluding hydrogens is 386 g/mol. The van der Waals surface area contributed by atoms with Crippen LogP contribution in [0.3, 0.4) is 0 Å². The van der Waals surface area contributed by atoms with E-state index in [9.17, 15) is 13.6 Å². The lowest BCUT2D eigenvalue weighted by atomic mass is 10.1. The number of primary amides is 1. The van der Waals surface area contributed by atoms with Crippen LogP contribution in [0.2, 0.25) is 0 Å². The normalized spacial score (nSPS) is 12.4. The van der Waals surface area contributed by atoms with Crippen molar-refractivity contribution >= 4 is 5.91 Å². The zero-order valence-corrected chi connectivity index (χ0v) is 17.4. The monoisotopic (exact) mass is 418 g/mol. The summed E-state index contributed by atoms with van der Waals surface area (Å²) in [5.41, 5.74) is 7.97. The molecule has 0 heterocycles. The molecule has 0 bridgehead atoms. The van der Waals surface area contributed by atoms with Crippen LogP contribution in [0, 0.1) is 0 Å². The molecule has 30 heavy (non-hydrogen) atoms. The first-order chi connectivity index (χ1) is 14.6. The van der Waals surface area contributed by atoms with Gasteiger partial charge in [0.1, 0.15) is 19.4 Å². The van der Waals surface area contributed by atoms with Gasteiger partial charge in [0, 0.05) is 45.8 Å². The van der Waals surface area contributed by atoms with Gasteiger partial charge in [0.2, 0.25) is 5.91 Å². The summed E-state index contributed by atoms with van der Waals surface area (Å²) in [6, 6.07) is 19.4. The third kappa shape index (κ3) is 8.57. The number of rotatable bonds is 15. The Morgan fingerprint density at radius 3 is 1.90 bits per heavy atom. The molecule has 0 saturated heterocycles. The van der Waals surface area contributed by atoms with Gasteiger partial charge in [0.05, 0.1) is 0 Å². The van der Waals surface area contributed by atoms with Crippen molar-refractivity contribution in [1.82, 2.24) is 15.1 Å². The fraction of sp³-hybridized carbons (Fsp3) is 0.435. The van der Waals surface area contributed by atoms with E-state index in [0.717, 1.165) is 11.1 Å². The van der Waals surface area contributed by atoms with Crippen LogP contribution in [0.5, 0.6) is 0 Å². The number of hydrogen-bond acceptors (Lipinski definition) is 4. The molecule has 3 N–H and O–H groups in total. The minimum atomic E-state index is -0.639. The molecule has 164 valence electrons. The number of halogens is 2. The highest BCUT2D eigenvalue weighted by Gasteiger charge is 2.26. The van der Waals surface area contributed by atoms with Crippen LogP contribution < -0.4 is 11.1 Å². The van der Waals surface area contributed by atoms with Gasteiger partial charge in [-0.25, -0.2) is 8.78 Å². The molecule has 2 aromatic carbocycles. The second-order valence-electron chi connectivity index (χ2n) is 7.22. The van der Waals surface area contributed by atoms with Gasteiger partial charge >= 0.3 is 0 Å². The number of hydrogen-bond donors (Lipinski definition) is 2. The molecule has 0 spiro atoms. The SMILES string of the molecule is NC(=O)C(CN(Cc1ccccc1)Cc1ccccc1)N(CCF)CCNCCF. The minimum Gasteiger partial charge on any atom is -0.368 e. The van der Waals surface area contributed by atoms with Crippen molar-refractivity contribution in [2.45, 2.75) is 19.1 Å². The van der Waals surface area contributed by atoms with E-state index in [0.29, 0.717) is 32.7 Å². The van der Waals surface area contributed by atoms with Crippen molar-refractivity contribution in [3.05, 3.63) is 71.8 Å². The third-order valence-corrected chi connectivity index (χ3v) is 4.92. The van der Waals surface area contributed by atoms with Gasteiger partial charge in [-0.3, -0.25) is 14.6 Å². The summed E-state index contributed by atoms with van der Waals surface area (Å²) in [7, 11) is 0. The molecule has 0 aromatic heterocycles. The van der Waals surface area contributed by atoms with Crippen molar-refractivity contribution in [3.8, 4) is 0 Å². The van der Waals surface area contributed by atoms with Crippen molar-refractivity contribution < 1.29 is 13.6 Å². The van der Waals surface area contributed by atoms with E-state index < -0.39 is 25.3 Å². The summed E-state index contributed by atoms with van der Waals surface area (Å²) in [5.74, 6) is -0.486. The van der Waals surface area contributed by atoms with Gasteiger partial charge in [-0.1, -0.05) is 60.7 Å². The zero-order chi connectivity index (χ0) is 21.6. The van der Waals surface area contributed by atoms with Crippen LogP contribution >= 0.6 is 0 Å². The summed E-state index contributed by atoms with van der Waals surface area (Å²) < 4.78 is 25.5. The van der Waals surface area contributed by atoms with Crippen LogP contribution in [0.15, 0.2) is 60.7 Å². The Kier molecular flexibility index (Phi) is 11.0. The zero-order valence-electron chi connectivity index (χ0n) is 17.4. The molecule has 5 nitrogen and oxygen atoms in total. The van der Waals surface area contributed by atoms with Crippen LogP contribution in [0.1, 0.15) is 11.1 Å². The number of carbonyl (C=O) groups is 1. The molecular formula is C23H32F2N4O. The highest BCUT2D eigenvalue weighted by Crippen LogP contribution is 2.13. The molecule has 2 aromatic rings. The summed E-state index contributed by atoms with van der Waals surface area (Å²) in [5, 5.41) is 2.95. The molecule has 2 rings (SSSR count). The molecule has 1 amide bonds. The molecule has 0 aliphatic heterocycles. The van der Waals surface area contributed by atoms with E-state index in [2.05, 4.69) is 10.2 Å². The molecule has 1 atom stereocenters. The van der Waals surface area contributed by atoms with E-state index >= 15 is 0 Å². The van der Waals surface area contributed by atoms with E-state index in [-0.39, 0.29) is 13.1 Å². The Labute approximate surface area is 177 Å². The standard InChI is InChI=1S/C23H32F2N4O/c24-11-13-27-14-16-29(15-12-25)22(23(26)30)19-28(17-20-7-3-1-4-8-20)18-21-9-5-2-6-10-21/h1-10,22,27H,11-19H2,(H2,26,30). The predicted octanol–water partition coefficient (Wildman–Crippen LogP) is 2.37. The van der Waals surface area contributed by atoms with Crippen molar-refractivity contribution in [2.24, 2.45) is 5.73 Å². The molecule has 0 fully saturated rings. The Bertz CT molecular complexity index is 676. The maximum atomic E-state index is 13.2. The number of benzene rings is 2. The number of amides is 1. The maximum absolute atomic E-state index is 13.2. The Balaban J connectivity index is 2.15. The van der Waals surface area contributed by atoms with Crippen molar-refractivity contribution in [2.75, 3.05) is 46.1 Å². The third-order valence-electron chi connectivity index (χ3n) is 4.92. The highest BCUT2D eigenvalue weighted by molar-refractivity contribution is 5.80. The molecule has 1 unspecified atom stereocenters. The van der Waals surface area contributed by atoms with Gasteiger partial charge in [0.15, 0.2) is 0 Å². The Morgan fingerprint density at radius 1 is 0.867 bits per heavy atom. The van der Waals surface area contributed by atoms with Gasteiger partial charge in [-0.05, 0) is 11.1 Å². The number of nitrogens with two attached hydrogens (primary N) is 1. The van der Waals surface area contributed by atoms with E-state index in [1.54, 1.807) is 4.90 Å². The van der Waals surface area contributed by atoms with Crippen LogP contribution in [0.4, 0.5) is 8.78 Å². The Morgan fingerprint density at radius 2 is 1.43 bits per heavy atom. The highest BCUT2D eigenvalue weighted by atomic mass is 19.1. The summed E-state index contributed by atoms with van der Waals surface area (Å²) in [6.45, 7) is 1.84. The molecule has 0 radical (unpaired) electrons. The number of nitrogens with one attached hydrogen (secondary N) is 1.